The van der Waals surface area contributed by atoms with Gasteiger partial charge in [0.25, 0.3) is 6.29 Å². The predicted octanol–water partition coefficient (Wildman–Crippen LogP) is 1.12. The first-order valence-electron chi connectivity index (χ1n) is 3.78. The first-order chi connectivity index (χ1) is 7.42. The molecule has 0 aliphatic heterocycles. The van der Waals surface area contributed by atoms with Crippen LogP contribution in [-0.2, 0) is 9.63 Å². The Kier molecular flexibility index (Phi) is 3.82. The molecule has 1 rings (SSSR count). The van der Waals surface area contributed by atoms with Gasteiger partial charge >= 0.3 is 6.18 Å². The summed E-state index contributed by atoms with van der Waals surface area (Å²) in [6.07, 6.45) is -3.20. The Morgan fingerprint density at radius 2 is 2.38 bits per heavy atom. The molecule has 1 aromatic rings. The van der Waals surface area contributed by atoms with Crippen molar-refractivity contribution >= 4 is 28.5 Å². The van der Waals surface area contributed by atoms with Gasteiger partial charge in [-0.2, -0.15) is 13.2 Å². The fourth-order valence-electron chi connectivity index (χ4n) is 0.684. The standard InChI is InChI=1S/C7H5F3N3O2S/c8-7(9,10)3-15-13-4(1-14)5-2-16-6(11)12-5/h2H,3H2,(H2,11,12)/b13-4+. The summed E-state index contributed by atoms with van der Waals surface area (Å²) < 4.78 is 35.1. The van der Waals surface area contributed by atoms with Gasteiger partial charge in [0.05, 0.1) is 0 Å². The summed E-state index contributed by atoms with van der Waals surface area (Å²) in [5.74, 6) is 0. The van der Waals surface area contributed by atoms with Crippen molar-refractivity contribution in [2.75, 3.05) is 12.3 Å². The molecular weight excluding hydrogens is 247 g/mol. The zero-order valence-electron chi connectivity index (χ0n) is 7.61. The molecule has 16 heavy (non-hydrogen) atoms. The van der Waals surface area contributed by atoms with Crippen molar-refractivity contribution in [3.05, 3.63) is 11.1 Å². The smallest absolute Gasteiger partial charge is 0.385 e. The van der Waals surface area contributed by atoms with Crippen LogP contribution in [0.4, 0.5) is 18.3 Å². The van der Waals surface area contributed by atoms with Crippen molar-refractivity contribution in [3.63, 3.8) is 0 Å². The molecule has 1 aromatic heterocycles. The lowest BCUT2D eigenvalue weighted by Crippen LogP contribution is -2.16. The molecule has 0 amide bonds. The van der Waals surface area contributed by atoms with Gasteiger partial charge in [-0.1, -0.05) is 5.16 Å². The number of anilines is 1. The number of hydrogen-bond donors (Lipinski definition) is 1. The Morgan fingerprint density at radius 1 is 1.69 bits per heavy atom. The number of halogens is 3. The number of hydrogen-bond acceptors (Lipinski definition) is 6. The van der Waals surface area contributed by atoms with Crippen molar-refractivity contribution in [2.24, 2.45) is 5.16 Å². The van der Waals surface area contributed by atoms with Crippen LogP contribution in [0, 0.1) is 0 Å². The Labute approximate surface area is 91.7 Å². The fraction of sp³-hybridized carbons (Fsp3) is 0.286. The number of oxime groups is 1. The van der Waals surface area contributed by atoms with Gasteiger partial charge in [0.15, 0.2) is 10.8 Å². The summed E-state index contributed by atoms with van der Waals surface area (Å²) in [7, 11) is 0. The van der Waals surface area contributed by atoms with E-state index in [-0.39, 0.29) is 10.8 Å². The summed E-state index contributed by atoms with van der Waals surface area (Å²) in [6, 6.07) is 0. The molecule has 5 nitrogen and oxygen atoms in total. The van der Waals surface area contributed by atoms with Crippen LogP contribution in [0.15, 0.2) is 10.5 Å². The van der Waals surface area contributed by atoms with Gasteiger partial charge in [0.2, 0.25) is 6.61 Å². The summed E-state index contributed by atoms with van der Waals surface area (Å²) in [4.78, 5) is 18.0. The van der Waals surface area contributed by atoms with Gasteiger partial charge in [0, 0.05) is 5.38 Å². The van der Waals surface area contributed by atoms with Gasteiger partial charge in [-0.3, -0.25) is 4.79 Å². The van der Waals surface area contributed by atoms with Crippen LogP contribution in [0.25, 0.3) is 0 Å². The lowest BCUT2D eigenvalue weighted by Gasteiger charge is -2.03. The lowest BCUT2D eigenvalue weighted by atomic mass is 10.3. The van der Waals surface area contributed by atoms with Crippen LogP contribution in [-0.4, -0.2) is 29.8 Å². The molecule has 9 heteroatoms. The molecule has 1 heterocycles. The molecule has 0 spiro atoms. The number of alkyl halides is 3. The minimum Gasteiger partial charge on any atom is -0.385 e. The van der Waals surface area contributed by atoms with E-state index in [1.165, 1.54) is 11.7 Å². The second kappa shape index (κ2) is 4.92. The van der Waals surface area contributed by atoms with E-state index in [1.54, 1.807) is 0 Å². The first-order valence-corrected chi connectivity index (χ1v) is 4.66. The van der Waals surface area contributed by atoms with Crippen molar-refractivity contribution in [3.8, 4) is 0 Å². The van der Waals surface area contributed by atoms with Gasteiger partial charge in [0.1, 0.15) is 5.69 Å². The molecule has 0 fully saturated rings. The molecule has 0 aliphatic carbocycles. The maximum absolute atomic E-state index is 11.7. The van der Waals surface area contributed by atoms with Crippen LogP contribution >= 0.6 is 11.3 Å². The van der Waals surface area contributed by atoms with E-state index in [0.717, 1.165) is 11.3 Å². The van der Waals surface area contributed by atoms with E-state index in [4.69, 9.17) is 5.73 Å². The Hall–Kier alpha value is -1.64. The van der Waals surface area contributed by atoms with Crippen molar-refractivity contribution in [2.45, 2.75) is 6.18 Å². The van der Waals surface area contributed by atoms with Crippen LogP contribution < -0.4 is 5.73 Å². The van der Waals surface area contributed by atoms with Crippen molar-refractivity contribution in [1.82, 2.24) is 4.98 Å². The zero-order chi connectivity index (χ0) is 12.2. The Balaban J connectivity index is 2.68. The zero-order valence-corrected chi connectivity index (χ0v) is 8.43. The lowest BCUT2D eigenvalue weighted by molar-refractivity contribution is -0.173. The molecule has 0 saturated carbocycles. The molecule has 2 N–H and O–H groups in total. The molecule has 87 valence electrons. The summed E-state index contributed by atoms with van der Waals surface area (Å²) in [5, 5.41) is 4.49. The van der Waals surface area contributed by atoms with E-state index in [9.17, 15) is 18.0 Å². The minimum absolute atomic E-state index is 0.0275. The highest BCUT2D eigenvalue weighted by atomic mass is 32.1. The second-order valence-electron chi connectivity index (χ2n) is 2.50. The van der Waals surface area contributed by atoms with E-state index >= 15 is 0 Å². The number of rotatable bonds is 4. The average Bonchev–Trinajstić information content (AvgIpc) is 2.58. The normalized spacial score (nSPS) is 12.6. The third-order valence-electron chi connectivity index (χ3n) is 1.25. The quantitative estimate of drug-likeness (QED) is 0.643. The molecule has 0 unspecified atom stereocenters. The first kappa shape index (κ1) is 12.4. The predicted molar refractivity (Wildman–Crippen MR) is 50.8 cm³/mol. The highest BCUT2D eigenvalue weighted by Crippen LogP contribution is 2.15. The number of aromatic nitrogens is 1. The van der Waals surface area contributed by atoms with Gasteiger partial charge < -0.3 is 10.6 Å². The van der Waals surface area contributed by atoms with Crippen LogP contribution in [0.1, 0.15) is 5.69 Å². The Bertz CT molecular complexity index is 402. The van der Waals surface area contributed by atoms with Gasteiger partial charge in [-0.05, 0) is 0 Å². The number of thiazole rings is 1. The number of carbonyl (C=O) groups excluding carboxylic acids is 1. The molecule has 0 atom stereocenters. The topological polar surface area (TPSA) is 77.6 Å². The van der Waals surface area contributed by atoms with E-state index < -0.39 is 18.5 Å². The molecule has 0 bridgehead atoms. The molecule has 0 aliphatic rings. The third-order valence-corrected chi connectivity index (χ3v) is 1.92. The monoisotopic (exact) mass is 252 g/mol. The van der Waals surface area contributed by atoms with Crippen molar-refractivity contribution < 1.29 is 22.8 Å². The summed E-state index contributed by atoms with van der Waals surface area (Å²) in [6.45, 7) is -1.59. The van der Waals surface area contributed by atoms with Crippen LogP contribution in [0.5, 0.6) is 0 Å². The van der Waals surface area contributed by atoms with Gasteiger partial charge in [-0.25, -0.2) is 4.98 Å². The summed E-state index contributed by atoms with van der Waals surface area (Å²) >= 11 is 1.02. The third kappa shape index (κ3) is 3.85. The van der Waals surface area contributed by atoms with E-state index in [0.29, 0.717) is 0 Å². The highest BCUT2D eigenvalue weighted by Gasteiger charge is 2.28. The van der Waals surface area contributed by atoms with E-state index in [2.05, 4.69) is 15.0 Å². The molecule has 0 saturated heterocycles. The average molecular weight is 252 g/mol. The van der Waals surface area contributed by atoms with Crippen molar-refractivity contribution in [1.29, 1.82) is 0 Å². The fourth-order valence-corrected chi connectivity index (χ4v) is 1.23. The van der Waals surface area contributed by atoms with Gasteiger partial charge in [-0.15, -0.1) is 11.3 Å². The largest absolute Gasteiger partial charge is 0.425 e. The maximum atomic E-state index is 11.7. The second-order valence-corrected chi connectivity index (χ2v) is 3.39. The van der Waals surface area contributed by atoms with E-state index in [1.807, 2.05) is 0 Å². The maximum Gasteiger partial charge on any atom is 0.425 e. The Morgan fingerprint density at radius 3 is 2.81 bits per heavy atom. The SMILES string of the molecule is Nc1nc(/C([C]=O)=N/OCC(F)(F)F)cs1. The molecule has 1 radical (unpaired) electrons. The number of nitrogen functional groups attached to an aromatic ring is 1. The molecular formula is C7H5F3N3O2S. The number of nitrogens with zero attached hydrogens (tertiary/aromatic N) is 2. The number of nitrogens with two attached hydrogens (primary N) is 1. The summed E-state index contributed by atoms with van der Waals surface area (Å²) in [5.41, 5.74) is 4.84. The minimum atomic E-state index is -4.52. The van der Waals surface area contributed by atoms with Crippen LogP contribution in [0.2, 0.25) is 0 Å². The molecule has 0 aromatic carbocycles. The highest BCUT2D eigenvalue weighted by molar-refractivity contribution is 7.13. The van der Waals surface area contributed by atoms with Crippen LogP contribution in [0.3, 0.4) is 0 Å².